The maximum atomic E-state index is 6.12. The van der Waals surface area contributed by atoms with Crippen LogP contribution in [0.3, 0.4) is 0 Å². The van der Waals surface area contributed by atoms with Crippen molar-refractivity contribution in [2.75, 3.05) is 5.73 Å². The van der Waals surface area contributed by atoms with Crippen molar-refractivity contribution >= 4 is 16.7 Å². The molecule has 0 fully saturated rings. The third-order valence-corrected chi connectivity index (χ3v) is 4.68. The van der Waals surface area contributed by atoms with Gasteiger partial charge in [0.2, 0.25) is 0 Å². The van der Waals surface area contributed by atoms with Crippen LogP contribution in [0, 0.1) is 6.92 Å². The molecule has 0 atom stereocenters. The van der Waals surface area contributed by atoms with Crippen LogP contribution < -0.4 is 5.73 Å². The number of hydrogen-bond acceptors (Lipinski definition) is 2. The Kier molecular flexibility index (Phi) is 5.19. The summed E-state index contributed by atoms with van der Waals surface area (Å²) in [6.45, 7) is 5.30. The van der Waals surface area contributed by atoms with Crippen molar-refractivity contribution < 1.29 is 0 Å². The van der Waals surface area contributed by atoms with Gasteiger partial charge in [-0.25, -0.2) is 4.98 Å². The minimum absolute atomic E-state index is 0.828. The van der Waals surface area contributed by atoms with Gasteiger partial charge in [0.05, 0.1) is 11.0 Å². The van der Waals surface area contributed by atoms with E-state index in [4.69, 9.17) is 10.7 Å². The molecule has 0 unspecified atom stereocenters. The summed E-state index contributed by atoms with van der Waals surface area (Å²) < 4.78 is 2.35. The number of nitrogens with two attached hydrogens (primary N) is 1. The van der Waals surface area contributed by atoms with E-state index in [1.807, 2.05) is 19.1 Å². The van der Waals surface area contributed by atoms with Gasteiger partial charge in [-0.3, -0.25) is 0 Å². The normalized spacial score (nSPS) is 11.2. The Bertz CT molecular complexity index is 817. The highest BCUT2D eigenvalue weighted by atomic mass is 15.1. The summed E-state index contributed by atoms with van der Waals surface area (Å²) in [6.07, 6.45) is 6.38. The molecule has 0 spiro atoms. The number of para-hydroxylation sites is 2. The van der Waals surface area contributed by atoms with Crippen LogP contribution >= 0.6 is 0 Å². The summed E-state index contributed by atoms with van der Waals surface area (Å²) in [7, 11) is 0. The van der Waals surface area contributed by atoms with Gasteiger partial charge in [-0.05, 0) is 37.1 Å². The van der Waals surface area contributed by atoms with E-state index in [9.17, 15) is 0 Å². The SMILES string of the molecule is CCCCCCCn1c(-c2ccc(C)c(N)c2)nc2ccccc21. The first-order chi connectivity index (χ1) is 11.7. The zero-order valence-corrected chi connectivity index (χ0v) is 14.8. The Hall–Kier alpha value is -2.29. The molecule has 0 aliphatic carbocycles. The number of nitrogen functional groups attached to an aromatic ring is 1. The Balaban J connectivity index is 1.93. The molecular weight excluding hydrogens is 294 g/mol. The lowest BCUT2D eigenvalue weighted by Gasteiger charge is -2.10. The van der Waals surface area contributed by atoms with Gasteiger partial charge in [0.25, 0.3) is 0 Å². The lowest BCUT2D eigenvalue weighted by atomic mass is 10.1. The van der Waals surface area contributed by atoms with Crippen molar-refractivity contribution in [1.82, 2.24) is 9.55 Å². The second kappa shape index (κ2) is 7.52. The second-order valence-electron chi connectivity index (χ2n) is 6.56. The maximum Gasteiger partial charge on any atom is 0.141 e. The molecule has 0 amide bonds. The second-order valence-corrected chi connectivity index (χ2v) is 6.56. The number of nitrogens with zero attached hydrogens (tertiary/aromatic N) is 2. The van der Waals surface area contributed by atoms with E-state index in [0.717, 1.165) is 34.7 Å². The lowest BCUT2D eigenvalue weighted by molar-refractivity contribution is 0.578. The quantitative estimate of drug-likeness (QED) is 0.457. The maximum absolute atomic E-state index is 6.12. The zero-order valence-electron chi connectivity index (χ0n) is 14.8. The first-order valence-electron chi connectivity index (χ1n) is 9.02. The summed E-state index contributed by atoms with van der Waals surface area (Å²) in [5.41, 5.74) is 11.4. The van der Waals surface area contributed by atoms with Crippen LogP contribution in [0.1, 0.15) is 44.6 Å². The van der Waals surface area contributed by atoms with E-state index in [1.165, 1.54) is 37.6 Å². The highest BCUT2D eigenvalue weighted by Gasteiger charge is 2.12. The first-order valence-corrected chi connectivity index (χ1v) is 9.02. The molecule has 0 saturated carbocycles. The summed E-state index contributed by atoms with van der Waals surface area (Å²) in [5.74, 6) is 1.03. The van der Waals surface area contributed by atoms with E-state index in [0.29, 0.717) is 0 Å². The molecule has 3 nitrogen and oxygen atoms in total. The average Bonchev–Trinajstić information content (AvgIpc) is 2.96. The number of fused-ring (bicyclic) bond motifs is 1. The van der Waals surface area contributed by atoms with Crippen LogP contribution in [-0.4, -0.2) is 9.55 Å². The molecule has 0 saturated heterocycles. The van der Waals surface area contributed by atoms with Crippen molar-refractivity contribution in [3.05, 3.63) is 48.0 Å². The van der Waals surface area contributed by atoms with E-state index in [-0.39, 0.29) is 0 Å². The highest BCUT2D eigenvalue weighted by Crippen LogP contribution is 2.27. The minimum atomic E-state index is 0.828. The molecule has 2 N–H and O–H groups in total. The first kappa shape index (κ1) is 16.6. The molecule has 126 valence electrons. The van der Waals surface area contributed by atoms with Gasteiger partial charge >= 0.3 is 0 Å². The Morgan fingerprint density at radius 1 is 1.00 bits per heavy atom. The molecular formula is C21H27N3. The Labute approximate surface area is 144 Å². The van der Waals surface area contributed by atoms with Gasteiger partial charge in [0, 0.05) is 17.8 Å². The number of unbranched alkanes of at least 4 members (excludes halogenated alkanes) is 4. The molecule has 0 aliphatic heterocycles. The van der Waals surface area contributed by atoms with Gasteiger partial charge < -0.3 is 10.3 Å². The molecule has 0 bridgehead atoms. The van der Waals surface area contributed by atoms with Gasteiger partial charge in [-0.15, -0.1) is 0 Å². The predicted octanol–water partition coefficient (Wildman–Crippen LogP) is 5.56. The number of aryl methyl sites for hydroxylation is 2. The summed E-state index contributed by atoms with van der Waals surface area (Å²) in [5, 5.41) is 0. The van der Waals surface area contributed by atoms with Gasteiger partial charge in [-0.1, -0.05) is 56.9 Å². The van der Waals surface area contributed by atoms with Crippen LogP contribution in [0.2, 0.25) is 0 Å². The number of aromatic nitrogens is 2. The van der Waals surface area contributed by atoms with Crippen molar-refractivity contribution in [2.45, 2.75) is 52.5 Å². The Morgan fingerprint density at radius 3 is 2.58 bits per heavy atom. The molecule has 2 aromatic carbocycles. The van der Waals surface area contributed by atoms with Gasteiger partial charge in [0.1, 0.15) is 5.82 Å². The van der Waals surface area contributed by atoms with Crippen molar-refractivity contribution in [1.29, 1.82) is 0 Å². The fraction of sp³-hybridized carbons (Fsp3) is 0.381. The van der Waals surface area contributed by atoms with Crippen LogP contribution in [0.5, 0.6) is 0 Å². The van der Waals surface area contributed by atoms with Crippen LogP contribution in [0.4, 0.5) is 5.69 Å². The third kappa shape index (κ3) is 3.45. The van der Waals surface area contributed by atoms with Crippen LogP contribution in [0.25, 0.3) is 22.4 Å². The largest absolute Gasteiger partial charge is 0.398 e. The number of hydrogen-bond donors (Lipinski definition) is 1. The molecule has 0 radical (unpaired) electrons. The smallest absolute Gasteiger partial charge is 0.141 e. The highest BCUT2D eigenvalue weighted by molar-refractivity contribution is 5.81. The molecule has 0 aliphatic rings. The summed E-state index contributed by atoms with van der Waals surface area (Å²) in [4.78, 5) is 4.88. The monoisotopic (exact) mass is 321 g/mol. The predicted molar refractivity (Wildman–Crippen MR) is 103 cm³/mol. The van der Waals surface area contributed by atoms with Crippen molar-refractivity contribution in [3.63, 3.8) is 0 Å². The molecule has 1 aromatic heterocycles. The van der Waals surface area contributed by atoms with E-state index in [1.54, 1.807) is 0 Å². The van der Waals surface area contributed by atoms with Gasteiger partial charge in [-0.2, -0.15) is 0 Å². The van der Waals surface area contributed by atoms with Crippen molar-refractivity contribution in [2.24, 2.45) is 0 Å². The fourth-order valence-corrected chi connectivity index (χ4v) is 3.18. The van der Waals surface area contributed by atoms with E-state index >= 15 is 0 Å². The molecule has 3 heteroatoms. The van der Waals surface area contributed by atoms with Crippen LogP contribution in [0.15, 0.2) is 42.5 Å². The number of benzene rings is 2. The average molecular weight is 321 g/mol. The van der Waals surface area contributed by atoms with E-state index < -0.39 is 0 Å². The summed E-state index contributed by atoms with van der Waals surface area (Å²) >= 11 is 0. The van der Waals surface area contributed by atoms with Crippen molar-refractivity contribution in [3.8, 4) is 11.4 Å². The summed E-state index contributed by atoms with van der Waals surface area (Å²) in [6, 6.07) is 14.6. The minimum Gasteiger partial charge on any atom is -0.398 e. The lowest BCUT2D eigenvalue weighted by Crippen LogP contribution is -2.01. The number of anilines is 1. The third-order valence-electron chi connectivity index (χ3n) is 4.68. The van der Waals surface area contributed by atoms with E-state index in [2.05, 4.69) is 41.8 Å². The molecule has 1 heterocycles. The standard InChI is InChI=1S/C21H27N3/c1-3-4-5-6-9-14-24-20-11-8-7-10-19(20)23-21(24)17-13-12-16(2)18(22)15-17/h7-8,10-13,15H,3-6,9,14,22H2,1-2H3. The molecule has 24 heavy (non-hydrogen) atoms. The Morgan fingerprint density at radius 2 is 1.79 bits per heavy atom. The molecule has 3 aromatic rings. The topological polar surface area (TPSA) is 43.8 Å². The fourth-order valence-electron chi connectivity index (χ4n) is 3.18. The number of rotatable bonds is 7. The molecule has 3 rings (SSSR count). The number of imidazole rings is 1. The van der Waals surface area contributed by atoms with Crippen LogP contribution in [-0.2, 0) is 6.54 Å². The van der Waals surface area contributed by atoms with Gasteiger partial charge in [0.15, 0.2) is 0 Å². The zero-order chi connectivity index (χ0) is 16.9.